The Morgan fingerprint density at radius 2 is 1.81 bits per heavy atom. The average Bonchev–Trinajstić information content (AvgIpc) is 3.01. The van der Waals surface area contributed by atoms with Gasteiger partial charge in [0, 0.05) is 23.0 Å². The monoisotopic (exact) mass is 365 g/mol. The summed E-state index contributed by atoms with van der Waals surface area (Å²) in [4.78, 5) is 12.5. The zero-order valence-electron chi connectivity index (χ0n) is 15.9. The molecule has 3 rings (SSSR count). The molecule has 0 unspecified atom stereocenters. The highest BCUT2D eigenvalue weighted by Gasteiger charge is 2.11. The second kappa shape index (κ2) is 7.95. The van der Waals surface area contributed by atoms with E-state index in [9.17, 15) is 4.79 Å². The minimum absolute atomic E-state index is 0.193. The van der Waals surface area contributed by atoms with Gasteiger partial charge in [-0.3, -0.25) is 4.79 Å². The van der Waals surface area contributed by atoms with Gasteiger partial charge in [-0.1, -0.05) is 0 Å². The van der Waals surface area contributed by atoms with Gasteiger partial charge in [-0.15, -0.1) is 0 Å². The number of benzene rings is 2. The van der Waals surface area contributed by atoms with Gasteiger partial charge in [0.1, 0.15) is 0 Å². The van der Waals surface area contributed by atoms with Crippen molar-refractivity contribution >= 4 is 11.6 Å². The first-order valence-corrected chi connectivity index (χ1v) is 8.77. The molecular formula is C21H23N3O3. The van der Waals surface area contributed by atoms with Crippen LogP contribution >= 0.6 is 0 Å². The van der Waals surface area contributed by atoms with E-state index in [-0.39, 0.29) is 5.91 Å². The molecule has 0 bridgehead atoms. The number of methoxy groups -OCH3 is 1. The van der Waals surface area contributed by atoms with Crippen LogP contribution < -0.4 is 14.8 Å². The third-order valence-electron chi connectivity index (χ3n) is 4.10. The fourth-order valence-electron chi connectivity index (χ4n) is 2.87. The summed E-state index contributed by atoms with van der Waals surface area (Å²) in [6.45, 7) is 6.41. The maximum atomic E-state index is 12.5. The lowest BCUT2D eigenvalue weighted by Gasteiger charge is -2.12. The SMILES string of the molecule is CCOc1ccc(NC(=O)c2ccc(-n3nc(C)cc3C)cc2)cc1OC. The van der Waals surface area contributed by atoms with Crippen molar-refractivity contribution in [3.8, 4) is 17.2 Å². The van der Waals surface area contributed by atoms with Gasteiger partial charge in [0.2, 0.25) is 0 Å². The summed E-state index contributed by atoms with van der Waals surface area (Å²) in [6.07, 6.45) is 0. The molecule has 6 heteroatoms. The van der Waals surface area contributed by atoms with Crippen LogP contribution in [0.2, 0.25) is 0 Å². The minimum Gasteiger partial charge on any atom is -0.493 e. The molecule has 3 aromatic rings. The summed E-state index contributed by atoms with van der Waals surface area (Å²) in [6, 6.07) is 14.7. The molecule has 0 fully saturated rings. The van der Waals surface area contributed by atoms with Crippen LogP contribution in [0.3, 0.4) is 0 Å². The number of anilines is 1. The van der Waals surface area contributed by atoms with Crippen molar-refractivity contribution in [3.63, 3.8) is 0 Å². The van der Waals surface area contributed by atoms with Gasteiger partial charge in [0.05, 0.1) is 25.1 Å². The molecule has 2 aromatic carbocycles. The number of carbonyl (C=O) groups is 1. The van der Waals surface area contributed by atoms with Crippen LogP contribution in [0.15, 0.2) is 48.5 Å². The Kier molecular flexibility index (Phi) is 5.45. The van der Waals surface area contributed by atoms with E-state index in [4.69, 9.17) is 9.47 Å². The molecule has 0 saturated heterocycles. The maximum Gasteiger partial charge on any atom is 0.255 e. The number of hydrogen-bond donors (Lipinski definition) is 1. The minimum atomic E-state index is -0.193. The Morgan fingerprint density at radius 3 is 2.41 bits per heavy atom. The molecule has 1 aromatic heterocycles. The van der Waals surface area contributed by atoms with Gasteiger partial charge >= 0.3 is 0 Å². The van der Waals surface area contributed by atoms with Crippen molar-refractivity contribution in [1.82, 2.24) is 9.78 Å². The van der Waals surface area contributed by atoms with Crippen LogP contribution in [0.25, 0.3) is 5.69 Å². The van der Waals surface area contributed by atoms with Crippen molar-refractivity contribution in [2.45, 2.75) is 20.8 Å². The summed E-state index contributed by atoms with van der Waals surface area (Å²) < 4.78 is 12.7. The first-order valence-electron chi connectivity index (χ1n) is 8.77. The Hall–Kier alpha value is -3.28. The zero-order valence-corrected chi connectivity index (χ0v) is 15.9. The number of nitrogens with one attached hydrogen (secondary N) is 1. The Morgan fingerprint density at radius 1 is 1.07 bits per heavy atom. The van der Waals surface area contributed by atoms with E-state index in [0.717, 1.165) is 17.1 Å². The van der Waals surface area contributed by atoms with Gasteiger partial charge < -0.3 is 14.8 Å². The van der Waals surface area contributed by atoms with Gasteiger partial charge in [0.15, 0.2) is 11.5 Å². The van der Waals surface area contributed by atoms with Crippen molar-refractivity contribution in [2.24, 2.45) is 0 Å². The Labute approximate surface area is 158 Å². The maximum absolute atomic E-state index is 12.5. The average molecular weight is 365 g/mol. The van der Waals surface area contributed by atoms with E-state index in [0.29, 0.717) is 29.4 Å². The van der Waals surface area contributed by atoms with Crippen molar-refractivity contribution < 1.29 is 14.3 Å². The lowest BCUT2D eigenvalue weighted by atomic mass is 10.2. The van der Waals surface area contributed by atoms with E-state index in [2.05, 4.69) is 10.4 Å². The summed E-state index contributed by atoms with van der Waals surface area (Å²) in [5.41, 5.74) is 4.13. The molecule has 0 atom stereocenters. The summed E-state index contributed by atoms with van der Waals surface area (Å²) >= 11 is 0. The predicted octanol–water partition coefficient (Wildman–Crippen LogP) is 4.15. The fraction of sp³-hybridized carbons (Fsp3) is 0.238. The topological polar surface area (TPSA) is 65.4 Å². The van der Waals surface area contributed by atoms with Crippen LogP contribution in [-0.4, -0.2) is 29.4 Å². The molecular weight excluding hydrogens is 342 g/mol. The van der Waals surface area contributed by atoms with Crippen molar-refractivity contribution in [1.29, 1.82) is 0 Å². The molecule has 1 amide bonds. The normalized spacial score (nSPS) is 10.5. The molecule has 0 aliphatic rings. The molecule has 0 aliphatic heterocycles. The first kappa shape index (κ1) is 18.5. The third kappa shape index (κ3) is 4.11. The molecule has 0 saturated carbocycles. The smallest absolute Gasteiger partial charge is 0.255 e. The highest BCUT2D eigenvalue weighted by Crippen LogP contribution is 2.30. The van der Waals surface area contributed by atoms with Crippen LogP contribution in [0, 0.1) is 13.8 Å². The van der Waals surface area contributed by atoms with Crippen molar-refractivity contribution in [2.75, 3.05) is 19.0 Å². The van der Waals surface area contributed by atoms with Crippen LogP contribution in [0.4, 0.5) is 5.69 Å². The highest BCUT2D eigenvalue weighted by atomic mass is 16.5. The van der Waals surface area contributed by atoms with E-state index in [1.54, 1.807) is 37.4 Å². The summed E-state index contributed by atoms with van der Waals surface area (Å²) in [5, 5.41) is 7.34. The number of rotatable bonds is 6. The summed E-state index contributed by atoms with van der Waals surface area (Å²) in [7, 11) is 1.57. The largest absolute Gasteiger partial charge is 0.493 e. The van der Waals surface area contributed by atoms with E-state index < -0.39 is 0 Å². The molecule has 0 radical (unpaired) electrons. The molecule has 1 N–H and O–H groups in total. The second-order valence-corrected chi connectivity index (χ2v) is 6.14. The summed E-state index contributed by atoms with van der Waals surface area (Å²) in [5.74, 6) is 1.03. The lowest BCUT2D eigenvalue weighted by molar-refractivity contribution is 0.102. The van der Waals surface area contributed by atoms with E-state index in [1.807, 2.05) is 43.7 Å². The molecule has 1 heterocycles. The Bertz CT molecular complexity index is 946. The van der Waals surface area contributed by atoms with Gasteiger partial charge in [-0.05, 0) is 63.2 Å². The highest BCUT2D eigenvalue weighted by molar-refractivity contribution is 6.04. The Balaban J connectivity index is 1.75. The first-order chi connectivity index (χ1) is 13.0. The van der Waals surface area contributed by atoms with Crippen LogP contribution in [0.5, 0.6) is 11.5 Å². The van der Waals surface area contributed by atoms with E-state index >= 15 is 0 Å². The number of amides is 1. The molecule has 27 heavy (non-hydrogen) atoms. The standard InChI is InChI=1S/C21H23N3O3/c1-5-27-19-11-8-17(13-20(19)26-4)22-21(25)16-6-9-18(10-7-16)24-15(3)12-14(2)23-24/h6-13H,5H2,1-4H3,(H,22,25). The lowest BCUT2D eigenvalue weighted by Crippen LogP contribution is -2.12. The van der Waals surface area contributed by atoms with Gasteiger partial charge in [0.25, 0.3) is 5.91 Å². The number of aromatic nitrogens is 2. The number of ether oxygens (including phenoxy) is 2. The number of carbonyl (C=O) groups excluding carboxylic acids is 1. The quantitative estimate of drug-likeness (QED) is 0.713. The number of nitrogens with zero attached hydrogens (tertiary/aromatic N) is 2. The molecule has 140 valence electrons. The van der Waals surface area contributed by atoms with Crippen LogP contribution in [-0.2, 0) is 0 Å². The third-order valence-corrected chi connectivity index (χ3v) is 4.10. The predicted molar refractivity (Wildman–Crippen MR) is 105 cm³/mol. The van der Waals surface area contributed by atoms with Gasteiger partial charge in [-0.25, -0.2) is 4.68 Å². The second-order valence-electron chi connectivity index (χ2n) is 6.14. The molecule has 0 aliphatic carbocycles. The fourth-order valence-corrected chi connectivity index (χ4v) is 2.87. The molecule has 6 nitrogen and oxygen atoms in total. The number of hydrogen-bond acceptors (Lipinski definition) is 4. The van der Waals surface area contributed by atoms with Crippen molar-refractivity contribution in [3.05, 3.63) is 65.5 Å². The molecule has 0 spiro atoms. The van der Waals surface area contributed by atoms with Gasteiger partial charge in [-0.2, -0.15) is 5.10 Å². The van der Waals surface area contributed by atoms with E-state index in [1.165, 1.54) is 0 Å². The van der Waals surface area contributed by atoms with Crippen LogP contribution in [0.1, 0.15) is 28.7 Å². The number of aryl methyl sites for hydroxylation is 2. The zero-order chi connectivity index (χ0) is 19.4.